The van der Waals surface area contributed by atoms with Crippen molar-refractivity contribution in [3.05, 3.63) is 0 Å². The van der Waals surface area contributed by atoms with Crippen molar-refractivity contribution >= 4 is 29.6 Å². The molecule has 0 fully saturated rings. The Labute approximate surface area is 212 Å². The number of carbonyl (C=O) groups excluding carboxylic acids is 4. The Balaban J connectivity index is 5.47. The van der Waals surface area contributed by atoms with E-state index in [1.807, 2.05) is 13.8 Å². The molecule has 0 aromatic carbocycles. The summed E-state index contributed by atoms with van der Waals surface area (Å²) < 4.78 is 0. The Kier molecular flexibility index (Phi) is 17.1. The molecule has 13 heteroatoms. The zero-order valence-electron chi connectivity index (χ0n) is 21.5. The summed E-state index contributed by atoms with van der Waals surface area (Å²) in [6, 6.07) is -4.22. The van der Waals surface area contributed by atoms with Crippen molar-refractivity contribution in [1.29, 1.82) is 0 Å². The standard InChI is InChI=1S/C23H45N7O6/c1-14(2)13-18(30-20(32)15(26)7-3-5-11-24)22(34)28-16(9-10-19(27)31)21(33)29-17(23(35)36)8-4-6-12-25/h14-18H,3-13,24-26H2,1-2H3,(H2,27,31)(H,28,34)(H,29,33)(H,30,32)(H,35,36). The van der Waals surface area contributed by atoms with Gasteiger partial charge in [-0.05, 0) is 64.0 Å². The van der Waals surface area contributed by atoms with E-state index in [1.54, 1.807) is 0 Å². The lowest BCUT2D eigenvalue weighted by Crippen LogP contribution is -2.57. The minimum Gasteiger partial charge on any atom is -0.480 e. The van der Waals surface area contributed by atoms with Gasteiger partial charge in [0.1, 0.15) is 18.1 Å². The molecule has 0 spiro atoms. The molecule has 0 aromatic rings. The van der Waals surface area contributed by atoms with Crippen LogP contribution < -0.4 is 38.9 Å². The van der Waals surface area contributed by atoms with Crippen LogP contribution in [0.5, 0.6) is 0 Å². The Morgan fingerprint density at radius 2 is 1.22 bits per heavy atom. The minimum atomic E-state index is -1.23. The van der Waals surface area contributed by atoms with Crippen molar-refractivity contribution in [2.75, 3.05) is 13.1 Å². The van der Waals surface area contributed by atoms with Gasteiger partial charge in [0, 0.05) is 6.42 Å². The number of carbonyl (C=O) groups is 5. The first-order valence-electron chi connectivity index (χ1n) is 12.5. The molecule has 4 amide bonds. The largest absolute Gasteiger partial charge is 0.480 e. The molecule has 36 heavy (non-hydrogen) atoms. The van der Waals surface area contributed by atoms with E-state index in [2.05, 4.69) is 16.0 Å². The number of aliphatic carboxylic acids is 1. The van der Waals surface area contributed by atoms with Crippen molar-refractivity contribution < 1.29 is 29.1 Å². The topological polar surface area (TPSA) is 246 Å². The van der Waals surface area contributed by atoms with E-state index in [0.29, 0.717) is 38.8 Å². The number of amides is 4. The SMILES string of the molecule is CC(C)CC(NC(=O)C(N)CCCCN)C(=O)NC(CCC(N)=O)C(=O)NC(CCCCN)C(=O)O. The predicted molar refractivity (Wildman–Crippen MR) is 135 cm³/mol. The fourth-order valence-corrected chi connectivity index (χ4v) is 3.47. The predicted octanol–water partition coefficient (Wildman–Crippen LogP) is -1.58. The lowest BCUT2D eigenvalue weighted by Gasteiger charge is -2.26. The fourth-order valence-electron chi connectivity index (χ4n) is 3.47. The molecule has 0 rings (SSSR count). The number of carboxylic acid groups (broad SMARTS) is 1. The van der Waals surface area contributed by atoms with Crippen LogP contribution in [0.1, 0.15) is 71.6 Å². The average molecular weight is 516 g/mol. The second-order valence-electron chi connectivity index (χ2n) is 9.33. The average Bonchev–Trinajstić information content (AvgIpc) is 2.79. The van der Waals surface area contributed by atoms with E-state index >= 15 is 0 Å². The number of unbranched alkanes of at least 4 members (excludes halogenated alkanes) is 2. The summed E-state index contributed by atoms with van der Waals surface area (Å²) in [6.45, 7) is 4.60. The quantitative estimate of drug-likeness (QED) is 0.0870. The van der Waals surface area contributed by atoms with Gasteiger partial charge in [-0.1, -0.05) is 20.3 Å². The van der Waals surface area contributed by atoms with E-state index in [1.165, 1.54) is 0 Å². The van der Waals surface area contributed by atoms with Gasteiger partial charge in [-0.25, -0.2) is 4.79 Å². The van der Waals surface area contributed by atoms with E-state index in [-0.39, 0.29) is 31.6 Å². The number of primary amides is 1. The van der Waals surface area contributed by atoms with Crippen LogP contribution in [0, 0.1) is 5.92 Å². The molecule has 4 unspecified atom stereocenters. The third-order valence-electron chi connectivity index (χ3n) is 5.52. The van der Waals surface area contributed by atoms with Gasteiger partial charge in [0.15, 0.2) is 0 Å². The molecule has 0 radical (unpaired) electrons. The van der Waals surface area contributed by atoms with Gasteiger partial charge < -0.3 is 44.0 Å². The van der Waals surface area contributed by atoms with Gasteiger partial charge in [-0.2, -0.15) is 0 Å². The zero-order valence-corrected chi connectivity index (χ0v) is 21.5. The van der Waals surface area contributed by atoms with Crippen molar-refractivity contribution in [1.82, 2.24) is 16.0 Å². The van der Waals surface area contributed by atoms with E-state index in [0.717, 1.165) is 6.42 Å². The molecule has 4 atom stereocenters. The van der Waals surface area contributed by atoms with Gasteiger partial charge in [0.2, 0.25) is 23.6 Å². The Morgan fingerprint density at radius 1 is 0.722 bits per heavy atom. The summed E-state index contributed by atoms with van der Waals surface area (Å²) in [5, 5.41) is 17.0. The van der Waals surface area contributed by atoms with Crippen LogP contribution in [0.4, 0.5) is 0 Å². The number of hydrogen-bond acceptors (Lipinski definition) is 8. The molecule has 13 nitrogen and oxygen atoms in total. The zero-order chi connectivity index (χ0) is 27.7. The summed E-state index contributed by atoms with van der Waals surface area (Å²) in [6.07, 6.45) is 2.95. The highest BCUT2D eigenvalue weighted by atomic mass is 16.4. The fraction of sp³-hybridized carbons (Fsp3) is 0.783. The number of nitrogens with two attached hydrogens (primary N) is 4. The van der Waals surface area contributed by atoms with Crippen LogP contribution in [-0.2, 0) is 24.0 Å². The molecule has 12 N–H and O–H groups in total. The minimum absolute atomic E-state index is 0.0198. The maximum Gasteiger partial charge on any atom is 0.326 e. The third kappa shape index (κ3) is 14.6. The summed E-state index contributed by atoms with van der Waals surface area (Å²) in [5.41, 5.74) is 22.1. The summed E-state index contributed by atoms with van der Waals surface area (Å²) in [5.74, 6) is -3.81. The van der Waals surface area contributed by atoms with Crippen LogP contribution in [0.2, 0.25) is 0 Å². The van der Waals surface area contributed by atoms with Crippen LogP contribution in [-0.4, -0.2) is 72.0 Å². The lowest BCUT2D eigenvalue weighted by atomic mass is 10.0. The smallest absolute Gasteiger partial charge is 0.326 e. The number of nitrogens with one attached hydrogen (secondary N) is 3. The van der Waals surface area contributed by atoms with Crippen molar-refractivity contribution in [2.45, 2.75) is 95.8 Å². The highest BCUT2D eigenvalue weighted by Gasteiger charge is 2.30. The monoisotopic (exact) mass is 515 g/mol. The normalized spacial score (nSPS) is 14.4. The van der Waals surface area contributed by atoms with Gasteiger partial charge in [-0.15, -0.1) is 0 Å². The first-order valence-corrected chi connectivity index (χ1v) is 12.5. The summed E-state index contributed by atoms with van der Waals surface area (Å²) in [4.78, 5) is 61.4. The van der Waals surface area contributed by atoms with Gasteiger partial charge >= 0.3 is 5.97 Å². The van der Waals surface area contributed by atoms with Crippen LogP contribution in [0.3, 0.4) is 0 Å². The van der Waals surface area contributed by atoms with Crippen LogP contribution >= 0.6 is 0 Å². The van der Waals surface area contributed by atoms with Gasteiger partial charge in [-0.3, -0.25) is 19.2 Å². The molecule has 0 aliphatic carbocycles. The van der Waals surface area contributed by atoms with Crippen molar-refractivity contribution in [2.24, 2.45) is 28.9 Å². The molecule has 0 saturated heterocycles. The maximum atomic E-state index is 13.1. The molecular formula is C23H45N7O6. The molecule has 0 aliphatic rings. The second-order valence-corrected chi connectivity index (χ2v) is 9.33. The van der Waals surface area contributed by atoms with Gasteiger partial charge in [0.25, 0.3) is 0 Å². The molecule has 208 valence electrons. The number of hydrogen-bond donors (Lipinski definition) is 8. The molecular weight excluding hydrogens is 470 g/mol. The molecule has 0 bridgehead atoms. The van der Waals surface area contributed by atoms with Crippen LogP contribution in [0.15, 0.2) is 0 Å². The second kappa shape index (κ2) is 18.5. The van der Waals surface area contributed by atoms with Gasteiger partial charge in [0.05, 0.1) is 6.04 Å². The molecule has 0 saturated carbocycles. The highest BCUT2D eigenvalue weighted by Crippen LogP contribution is 2.09. The summed E-state index contributed by atoms with van der Waals surface area (Å²) >= 11 is 0. The Hall–Kier alpha value is -2.77. The molecule has 0 aromatic heterocycles. The Morgan fingerprint density at radius 3 is 1.72 bits per heavy atom. The highest BCUT2D eigenvalue weighted by molar-refractivity contribution is 5.94. The van der Waals surface area contributed by atoms with Crippen molar-refractivity contribution in [3.63, 3.8) is 0 Å². The van der Waals surface area contributed by atoms with E-state index in [4.69, 9.17) is 22.9 Å². The molecule has 0 heterocycles. The Bertz CT molecular complexity index is 719. The summed E-state index contributed by atoms with van der Waals surface area (Å²) in [7, 11) is 0. The third-order valence-corrected chi connectivity index (χ3v) is 5.52. The van der Waals surface area contributed by atoms with Crippen LogP contribution in [0.25, 0.3) is 0 Å². The first-order chi connectivity index (χ1) is 16.9. The molecule has 0 aliphatic heterocycles. The van der Waals surface area contributed by atoms with E-state index < -0.39 is 53.8 Å². The number of carboxylic acids is 1. The van der Waals surface area contributed by atoms with E-state index in [9.17, 15) is 29.1 Å². The number of rotatable bonds is 20. The first kappa shape index (κ1) is 33.2. The maximum absolute atomic E-state index is 13.1. The van der Waals surface area contributed by atoms with Crippen molar-refractivity contribution in [3.8, 4) is 0 Å². The lowest BCUT2D eigenvalue weighted by molar-refractivity contribution is -0.142.